The molecule has 0 bridgehead atoms. The predicted octanol–water partition coefficient (Wildman–Crippen LogP) is 2.48. The van der Waals surface area contributed by atoms with E-state index < -0.39 is 5.97 Å². The Hall–Kier alpha value is -1.23. The van der Waals surface area contributed by atoms with Crippen LogP contribution in [0.4, 0.5) is 0 Å². The number of carbonyl (C=O) groups excluding carboxylic acids is 1. The monoisotopic (exact) mass is 274 g/mol. The molecule has 0 aliphatic heterocycles. The number of ether oxygens (including phenoxy) is 2. The van der Waals surface area contributed by atoms with E-state index >= 15 is 0 Å². The number of aryl methyl sites for hydroxylation is 1. The van der Waals surface area contributed by atoms with Gasteiger partial charge in [-0.2, -0.15) is 0 Å². The van der Waals surface area contributed by atoms with Gasteiger partial charge in [-0.1, -0.05) is 0 Å². The van der Waals surface area contributed by atoms with Crippen LogP contribution < -0.4 is 9.47 Å². The standard InChI is InChI=1S/C10H11BrO4/c1-6-4-7(10(12)15-11)9(14-3)5-8(6)13-2/h4-5H,1-3H3. The Morgan fingerprint density at radius 3 is 2.27 bits per heavy atom. The molecule has 0 aromatic heterocycles. The minimum atomic E-state index is -0.502. The Morgan fingerprint density at radius 1 is 1.20 bits per heavy atom. The van der Waals surface area contributed by atoms with Crippen molar-refractivity contribution in [2.24, 2.45) is 0 Å². The molecule has 4 nitrogen and oxygen atoms in total. The summed E-state index contributed by atoms with van der Waals surface area (Å²) in [5.41, 5.74) is 1.19. The first-order valence-electron chi connectivity index (χ1n) is 4.19. The van der Waals surface area contributed by atoms with E-state index in [0.29, 0.717) is 17.1 Å². The molecule has 0 fully saturated rings. The largest absolute Gasteiger partial charge is 0.496 e. The SMILES string of the molecule is COc1cc(OC)c(C(=O)OBr)cc1C. The number of hydrogen-bond acceptors (Lipinski definition) is 4. The third-order valence-corrected chi connectivity index (χ3v) is 2.30. The van der Waals surface area contributed by atoms with E-state index in [2.05, 4.69) is 20.1 Å². The Bertz CT molecular complexity index is 376. The molecule has 1 aromatic carbocycles. The predicted molar refractivity (Wildman–Crippen MR) is 58.6 cm³/mol. The number of hydrogen-bond donors (Lipinski definition) is 0. The minimum absolute atomic E-state index is 0.354. The summed E-state index contributed by atoms with van der Waals surface area (Å²) < 4.78 is 14.6. The molecule has 1 rings (SSSR count). The average Bonchev–Trinajstić information content (AvgIpc) is 2.27. The summed E-state index contributed by atoms with van der Waals surface area (Å²) in [6.45, 7) is 1.84. The molecule has 0 unspecified atom stereocenters. The fraction of sp³-hybridized carbons (Fsp3) is 0.300. The van der Waals surface area contributed by atoms with Crippen molar-refractivity contribution in [1.82, 2.24) is 0 Å². The second-order valence-corrected chi connectivity index (χ2v) is 3.21. The Labute approximate surface area is 96.6 Å². The van der Waals surface area contributed by atoms with Crippen LogP contribution in [0.3, 0.4) is 0 Å². The number of rotatable bonds is 3. The highest BCUT2D eigenvalue weighted by atomic mass is 79.9. The molecule has 0 aliphatic rings. The van der Waals surface area contributed by atoms with Gasteiger partial charge in [0.1, 0.15) is 17.1 Å². The summed E-state index contributed by atoms with van der Waals surface area (Å²) in [5, 5.41) is 0. The van der Waals surface area contributed by atoms with Gasteiger partial charge >= 0.3 is 5.97 Å². The van der Waals surface area contributed by atoms with Crippen molar-refractivity contribution in [3.63, 3.8) is 0 Å². The van der Waals surface area contributed by atoms with E-state index in [1.807, 2.05) is 6.92 Å². The lowest BCUT2D eigenvalue weighted by molar-refractivity contribution is 0.0778. The molecule has 0 spiro atoms. The maximum Gasteiger partial charge on any atom is 0.353 e. The molecule has 0 atom stereocenters. The van der Waals surface area contributed by atoms with Gasteiger partial charge in [-0.15, -0.1) is 0 Å². The molecule has 15 heavy (non-hydrogen) atoms. The first-order valence-corrected chi connectivity index (χ1v) is 4.84. The third kappa shape index (κ3) is 2.41. The maximum absolute atomic E-state index is 11.4. The van der Waals surface area contributed by atoms with Gasteiger partial charge in [0, 0.05) is 6.07 Å². The van der Waals surface area contributed by atoms with Crippen molar-refractivity contribution in [2.75, 3.05) is 14.2 Å². The normalized spacial score (nSPS) is 9.60. The molecular weight excluding hydrogens is 264 g/mol. The summed E-state index contributed by atoms with van der Waals surface area (Å²) in [6.07, 6.45) is 0. The molecule has 1 aromatic rings. The van der Waals surface area contributed by atoms with Crippen molar-refractivity contribution < 1.29 is 18.1 Å². The average molecular weight is 275 g/mol. The van der Waals surface area contributed by atoms with Crippen LogP contribution in [0, 0.1) is 6.92 Å². The lowest BCUT2D eigenvalue weighted by Crippen LogP contribution is -2.03. The number of benzene rings is 1. The molecule has 0 N–H and O–H groups in total. The van der Waals surface area contributed by atoms with Crippen LogP contribution in [-0.4, -0.2) is 20.2 Å². The van der Waals surface area contributed by atoms with Gasteiger partial charge in [-0.05, 0) is 18.6 Å². The molecule has 0 radical (unpaired) electrons. The zero-order valence-corrected chi connectivity index (χ0v) is 10.3. The summed E-state index contributed by atoms with van der Waals surface area (Å²) in [6, 6.07) is 3.30. The quantitative estimate of drug-likeness (QED) is 0.850. The zero-order valence-electron chi connectivity index (χ0n) is 8.67. The second-order valence-electron chi connectivity index (χ2n) is 2.89. The smallest absolute Gasteiger partial charge is 0.353 e. The lowest BCUT2D eigenvalue weighted by atomic mass is 10.1. The van der Waals surface area contributed by atoms with Crippen LogP contribution >= 0.6 is 16.3 Å². The van der Waals surface area contributed by atoms with Gasteiger partial charge in [-0.3, -0.25) is 0 Å². The van der Waals surface area contributed by atoms with Crippen molar-refractivity contribution >= 4 is 22.2 Å². The molecule has 0 aliphatic carbocycles. The first kappa shape index (κ1) is 11.8. The minimum Gasteiger partial charge on any atom is -0.496 e. The van der Waals surface area contributed by atoms with E-state index in [4.69, 9.17) is 9.47 Å². The van der Waals surface area contributed by atoms with Gasteiger partial charge in [-0.25, -0.2) is 4.79 Å². The molecule has 0 heterocycles. The fourth-order valence-electron chi connectivity index (χ4n) is 1.26. The molecular formula is C10H11BrO4. The van der Waals surface area contributed by atoms with E-state index in [1.165, 1.54) is 7.11 Å². The summed E-state index contributed by atoms with van der Waals surface area (Å²) in [4.78, 5) is 11.4. The summed E-state index contributed by atoms with van der Waals surface area (Å²) in [7, 11) is 3.04. The van der Waals surface area contributed by atoms with E-state index in [-0.39, 0.29) is 0 Å². The number of halogens is 1. The van der Waals surface area contributed by atoms with Gasteiger partial charge in [0.2, 0.25) is 0 Å². The van der Waals surface area contributed by atoms with Gasteiger partial charge in [0.05, 0.1) is 14.2 Å². The lowest BCUT2D eigenvalue weighted by Gasteiger charge is -2.10. The molecule has 0 amide bonds. The molecule has 0 saturated carbocycles. The van der Waals surface area contributed by atoms with Crippen molar-refractivity contribution in [3.05, 3.63) is 23.3 Å². The summed E-state index contributed by atoms with van der Waals surface area (Å²) >= 11 is 2.64. The van der Waals surface area contributed by atoms with Gasteiger partial charge < -0.3 is 13.3 Å². The van der Waals surface area contributed by atoms with E-state index in [1.54, 1.807) is 19.2 Å². The van der Waals surface area contributed by atoms with Gasteiger partial charge in [0.25, 0.3) is 0 Å². The van der Waals surface area contributed by atoms with Crippen molar-refractivity contribution in [1.29, 1.82) is 0 Å². The van der Waals surface area contributed by atoms with Crippen LogP contribution in [0.25, 0.3) is 0 Å². The zero-order chi connectivity index (χ0) is 11.4. The molecule has 5 heteroatoms. The fourth-order valence-corrected chi connectivity index (χ4v) is 1.43. The Balaban J connectivity index is 3.27. The molecule has 82 valence electrons. The number of methoxy groups -OCH3 is 2. The van der Waals surface area contributed by atoms with Gasteiger partial charge in [0.15, 0.2) is 16.3 Å². The Morgan fingerprint density at radius 2 is 1.80 bits per heavy atom. The van der Waals surface area contributed by atoms with Crippen LogP contribution in [0.2, 0.25) is 0 Å². The highest BCUT2D eigenvalue weighted by Gasteiger charge is 2.16. The summed E-state index contributed by atoms with van der Waals surface area (Å²) in [5.74, 6) is 0.581. The maximum atomic E-state index is 11.4. The topological polar surface area (TPSA) is 44.8 Å². The highest BCUT2D eigenvalue weighted by Crippen LogP contribution is 2.29. The van der Waals surface area contributed by atoms with Crippen LogP contribution in [0.5, 0.6) is 11.5 Å². The van der Waals surface area contributed by atoms with E-state index in [9.17, 15) is 4.79 Å². The number of carbonyl (C=O) groups is 1. The first-order chi connectivity index (χ1) is 7.13. The third-order valence-electron chi connectivity index (χ3n) is 2.01. The van der Waals surface area contributed by atoms with Crippen LogP contribution in [0.1, 0.15) is 15.9 Å². The van der Waals surface area contributed by atoms with Crippen molar-refractivity contribution in [2.45, 2.75) is 6.92 Å². The van der Waals surface area contributed by atoms with E-state index in [0.717, 1.165) is 5.56 Å². The second kappa shape index (κ2) is 5.02. The highest BCUT2D eigenvalue weighted by molar-refractivity contribution is 9.06. The molecule has 0 saturated heterocycles. The Kier molecular flexibility index (Phi) is 3.96. The van der Waals surface area contributed by atoms with Crippen molar-refractivity contribution in [3.8, 4) is 11.5 Å². The van der Waals surface area contributed by atoms with Crippen LogP contribution in [0.15, 0.2) is 12.1 Å². The van der Waals surface area contributed by atoms with Crippen LogP contribution in [-0.2, 0) is 3.83 Å².